The van der Waals surface area contributed by atoms with E-state index in [4.69, 9.17) is 4.99 Å². The highest BCUT2D eigenvalue weighted by molar-refractivity contribution is 5.80. The van der Waals surface area contributed by atoms with Gasteiger partial charge in [0.1, 0.15) is 0 Å². The minimum absolute atomic E-state index is 0.262. The number of likely N-dealkylation sites (tertiary alicyclic amines) is 1. The molecule has 168 valence electrons. The summed E-state index contributed by atoms with van der Waals surface area (Å²) < 4.78 is 0. The fourth-order valence-corrected chi connectivity index (χ4v) is 3.61. The van der Waals surface area contributed by atoms with Crippen molar-refractivity contribution in [1.82, 2.24) is 20.4 Å². The maximum atomic E-state index is 12.4. The Morgan fingerprint density at radius 3 is 2.70 bits per heavy atom. The zero-order valence-corrected chi connectivity index (χ0v) is 19.4. The van der Waals surface area contributed by atoms with Crippen LogP contribution in [0.2, 0.25) is 0 Å². The molecule has 0 bridgehead atoms. The molecule has 6 heteroatoms. The van der Waals surface area contributed by atoms with Gasteiger partial charge >= 0.3 is 0 Å². The maximum Gasteiger partial charge on any atom is 0.223 e. The summed E-state index contributed by atoms with van der Waals surface area (Å²) in [6.45, 7) is 11.7. The normalized spacial score (nSPS) is 17.3. The van der Waals surface area contributed by atoms with Crippen LogP contribution in [-0.4, -0.2) is 74.0 Å². The fourth-order valence-electron chi connectivity index (χ4n) is 3.61. The predicted octanol–water partition coefficient (Wildman–Crippen LogP) is 2.75. The first-order valence-corrected chi connectivity index (χ1v) is 11.5. The van der Waals surface area contributed by atoms with Crippen molar-refractivity contribution in [1.29, 1.82) is 0 Å². The lowest BCUT2D eigenvalue weighted by Gasteiger charge is -2.20. The van der Waals surface area contributed by atoms with Gasteiger partial charge in [0.15, 0.2) is 5.96 Å². The van der Waals surface area contributed by atoms with Crippen molar-refractivity contribution in [3.63, 3.8) is 0 Å². The summed E-state index contributed by atoms with van der Waals surface area (Å²) in [7, 11) is 2.18. The van der Waals surface area contributed by atoms with Gasteiger partial charge in [0.05, 0.1) is 0 Å². The van der Waals surface area contributed by atoms with Crippen molar-refractivity contribution >= 4 is 11.9 Å². The third-order valence-corrected chi connectivity index (χ3v) is 5.77. The molecule has 0 aliphatic carbocycles. The molecule has 1 fully saturated rings. The number of hydrogen-bond donors (Lipinski definition) is 2. The molecular weight excluding hydrogens is 374 g/mol. The zero-order valence-electron chi connectivity index (χ0n) is 19.4. The molecule has 1 saturated heterocycles. The molecule has 1 amide bonds. The van der Waals surface area contributed by atoms with Crippen molar-refractivity contribution in [2.75, 3.05) is 46.3 Å². The van der Waals surface area contributed by atoms with Crippen LogP contribution >= 0.6 is 0 Å². The number of hydrogen-bond acceptors (Lipinski definition) is 3. The van der Waals surface area contributed by atoms with Crippen LogP contribution in [0.1, 0.15) is 45.6 Å². The molecule has 6 nitrogen and oxygen atoms in total. The average molecular weight is 416 g/mol. The second-order valence-electron chi connectivity index (χ2n) is 8.57. The number of nitrogens with one attached hydrogen (secondary N) is 2. The summed E-state index contributed by atoms with van der Waals surface area (Å²) in [5.41, 5.74) is 1.28. The molecule has 1 heterocycles. The van der Waals surface area contributed by atoms with Gasteiger partial charge < -0.3 is 20.4 Å². The van der Waals surface area contributed by atoms with Crippen LogP contribution in [0.5, 0.6) is 0 Å². The molecule has 0 saturated carbocycles. The Hall–Kier alpha value is -2.08. The van der Waals surface area contributed by atoms with Gasteiger partial charge in [0, 0.05) is 51.1 Å². The number of benzene rings is 1. The second kappa shape index (κ2) is 13.3. The summed E-state index contributed by atoms with van der Waals surface area (Å²) in [5, 5.41) is 6.76. The van der Waals surface area contributed by atoms with Crippen LogP contribution < -0.4 is 10.6 Å². The van der Waals surface area contributed by atoms with E-state index in [0.29, 0.717) is 24.9 Å². The van der Waals surface area contributed by atoms with E-state index in [0.717, 1.165) is 51.5 Å². The molecule has 30 heavy (non-hydrogen) atoms. The summed E-state index contributed by atoms with van der Waals surface area (Å²) in [6, 6.07) is 11.0. The van der Waals surface area contributed by atoms with E-state index in [1.807, 2.05) is 11.0 Å². The Balaban J connectivity index is 1.71. The average Bonchev–Trinajstić information content (AvgIpc) is 3.10. The fraction of sp³-hybridized carbons (Fsp3) is 0.667. The van der Waals surface area contributed by atoms with E-state index in [9.17, 15) is 4.79 Å². The number of guanidine groups is 1. The number of unbranched alkanes of at least 4 members (excludes halogenated alkanes) is 1. The number of carbonyl (C=O) groups excluding carboxylic acids is 1. The quantitative estimate of drug-likeness (QED) is 0.313. The van der Waals surface area contributed by atoms with E-state index in [1.165, 1.54) is 12.0 Å². The lowest BCUT2D eigenvalue weighted by Crippen LogP contribution is -2.38. The lowest BCUT2D eigenvalue weighted by atomic mass is 10.1. The molecule has 1 aromatic carbocycles. The summed E-state index contributed by atoms with van der Waals surface area (Å²) in [5.74, 6) is 1.44. The highest BCUT2D eigenvalue weighted by atomic mass is 16.2. The predicted molar refractivity (Wildman–Crippen MR) is 126 cm³/mol. The summed E-state index contributed by atoms with van der Waals surface area (Å²) in [4.78, 5) is 21.5. The molecule has 1 aliphatic rings. The third-order valence-electron chi connectivity index (χ3n) is 5.77. The smallest absolute Gasteiger partial charge is 0.223 e. The van der Waals surface area contributed by atoms with Crippen LogP contribution in [0.3, 0.4) is 0 Å². The molecule has 1 atom stereocenters. The molecule has 2 rings (SSSR count). The van der Waals surface area contributed by atoms with Gasteiger partial charge in [-0.3, -0.25) is 9.79 Å². The van der Waals surface area contributed by atoms with E-state index >= 15 is 0 Å². The SMILES string of the molecule is CCNC(=NCC1CC(=O)N(CCc2ccccc2)C1)NCCCCN(C)C(C)C. The Morgan fingerprint density at radius 2 is 2.00 bits per heavy atom. The minimum atomic E-state index is 0.262. The van der Waals surface area contributed by atoms with Crippen LogP contribution in [0.4, 0.5) is 0 Å². The standard InChI is InChI=1S/C24H41N5O/c1-5-25-24(26-14-9-10-15-28(4)20(2)3)27-18-22-17-23(30)29(19-22)16-13-21-11-7-6-8-12-21/h6-8,11-12,20,22H,5,9-10,13-19H2,1-4H3,(H2,25,26,27). The first kappa shape index (κ1) is 24.2. The van der Waals surface area contributed by atoms with E-state index in [1.54, 1.807) is 0 Å². The Bertz CT molecular complexity index is 646. The number of carbonyl (C=O) groups is 1. The first-order chi connectivity index (χ1) is 14.5. The van der Waals surface area contributed by atoms with Gasteiger partial charge in [0.25, 0.3) is 0 Å². The van der Waals surface area contributed by atoms with Crippen molar-refractivity contribution in [2.24, 2.45) is 10.9 Å². The number of rotatable bonds is 12. The molecule has 2 N–H and O–H groups in total. The molecular formula is C24H41N5O. The molecule has 0 radical (unpaired) electrons. The van der Waals surface area contributed by atoms with Crippen LogP contribution in [-0.2, 0) is 11.2 Å². The topological polar surface area (TPSA) is 60.0 Å². The molecule has 1 unspecified atom stereocenters. The van der Waals surface area contributed by atoms with Crippen molar-refractivity contribution in [2.45, 2.75) is 52.5 Å². The van der Waals surface area contributed by atoms with Gasteiger partial charge in [0.2, 0.25) is 5.91 Å². The van der Waals surface area contributed by atoms with Crippen molar-refractivity contribution < 1.29 is 4.79 Å². The highest BCUT2D eigenvalue weighted by Crippen LogP contribution is 2.18. The zero-order chi connectivity index (χ0) is 21.8. The second-order valence-corrected chi connectivity index (χ2v) is 8.57. The maximum absolute atomic E-state index is 12.4. The number of amides is 1. The van der Waals surface area contributed by atoms with Crippen molar-refractivity contribution in [3.05, 3.63) is 35.9 Å². The molecule has 0 spiro atoms. The van der Waals surface area contributed by atoms with E-state index in [2.05, 4.69) is 67.6 Å². The van der Waals surface area contributed by atoms with E-state index in [-0.39, 0.29) is 5.91 Å². The highest BCUT2D eigenvalue weighted by Gasteiger charge is 2.28. The third kappa shape index (κ3) is 8.74. The first-order valence-electron chi connectivity index (χ1n) is 11.5. The Labute approximate surface area is 183 Å². The number of aliphatic imine (C=N–C) groups is 1. The van der Waals surface area contributed by atoms with Gasteiger partial charge in [-0.1, -0.05) is 30.3 Å². The van der Waals surface area contributed by atoms with Gasteiger partial charge in [-0.25, -0.2) is 0 Å². The summed E-state index contributed by atoms with van der Waals surface area (Å²) >= 11 is 0. The lowest BCUT2D eigenvalue weighted by molar-refractivity contribution is -0.127. The van der Waals surface area contributed by atoms with Crippen LogP contribution in [0.15, 0.2) is 35.3 Å². The monoisotopic (exact) mass is 415 g/mol. The minimum Gasteiger partial charge on any atom is -0.357 e. The van der Waals surface area contributed by atoms with Crippen molar-refractivity contribution in [3.8, 4) is 0 Å². The van der Waals surface area contributed by atoms with Crippen LogP contribution in [0, 0.1) is 5.92 Å². The van der Waals surface area contributed by atoms with Gasteiger partial charge in [-0.2, -0.15) is 0 Å². The van der Waals surface area contributed by atoms with Gasteiger partial charge in [-0.15, -0.1) is 0 Å². The number of nitrogens with zero attached hydrogens (tertiary/aromatic N) is 3. The summed E-state index contributed by atoms with van der Waals surface area (Å²) in [6.07, 6.45) is 3.82. The Kier molecular flexibility index (Phi) is 10.7. The van der Waals surface area contributed by atoms with Gasteiger partial charge in [-0.05, 0) is 59.2 Å². The van der Waals surface area contributed by atoms with Crippen LogP contribution in [0.25, 0.3) is 0 Å². The molecule has 0 aromatic heterocycles. The van der Waals surface area contributed by atoms with E-state index < -0.39 is 0 Å². The Morgan fingerprint density at radius 1 is 1.23 bits per heavy atom. The molecule has 1 aliphatic heterocycles. The molecule has 1 aromatic rings. The largest absolute Gasteiger partial charge is 0.357 e.